The van der Waals surface area contributed by atoms with Gasteiger partial charge in [-0.25, -0.2) is 0 Å². The fraction of sp³-hybridized carbons (Fsp3) is 1.00. The Labute approximate surface area is 126 Å². The Kier molecular flexibility index (Phi) is 12.4. The molecule has 0 aliphatic heterocycles. The molecule has 0 aliphatic carbocycles. The number of nitrogens with zero attached hydrogens (tertiary/aromatic N) is 1. The van der Waals surface area contributed by atoms with Gasteiger partial charge in [0.2, 0.25) is 0 Å². The molecule has 0 saturated heterocycles. The Bertz CT molecular complexity index is 190. The maximum atomic E-state index is 2.75. The summed E-state index contributed by atoms with van der Waals surface area (Å²) in [6.07, 6.45) is 14.7. The van der Waals surface area contributed by atoms with Gasteiger partial charge in [0.1, 0.15) is 8.24 Å². The van der Waals surface area contributed by atoms with Crippen molar-refractivity contribution in [1.82, 2.24) is 4.23 Å². The second-order valence-corrected chi connectivity index (χ2v) is 15.0. The zero-order valence-electron chi connectivity index (χ0n) is 14.4. The van der Waals surface area contributed by atoms with Crippen molar-refractivity contribution in [1.29, 1.82) is 0 Å². The van der Waals surface area contributed by atoms with Crippen LogP contribution in [0.15, 0.2) is 0 Å². The van der Waals surface area contributed by atoms with E-state index in [1.807, 2.05) is 0 Å². The lowest BCUT2D eigenvalue weighted by molar-refractivity contribution is 0.561. The van der Waals surface area contributed by atoms with Crippen LogP contribution in [0, 0.1) is 0 Å². The maximum absolute atomic E-state index is 2.75. The van der Waals surface area contributed by atoms with Crippen LogP contribution in [0.2, 0.25) is 25.7 Å². The Morgan fingerprint density at radius 1 is 0.737 bits per heavy atom. The van der Waals surface area contributed by atoms with Gasteiger partial charge in [0, 0.05) is 0 Å². The quantitative estimate of drug-likeness (QED) is 0.335. The van der Waals surface area contributed by atoms with Crippen molar-refractivity contribution in [2.24, 2.45) is 0 Å². The molecule has 0 spiro atoms. The molecule has 0 aliphatic rings. The molecule has 0 atom stereocenters. The average molecular weight is 302 g/mol. The minimum atomic E-state index is -0.963. The van der Waals surface area contributed by atoms with Crippen molar-refractivity contribution < 1.29 is 0 Å². The van der Waals surface area contributed by atoms with E-state index in [9.17, 15) is 0 Å². The molecule has 0 saturated carbocycles. The first kappa shape index (κ1) is 19.4. The highest BCUT2D eigenvalue weighted by Gasteiger charge is 2.18. The van der Waals surface area contributed by atoms with Crippen LogP contribution in [0.3, 0.4) is 0 Å². The summed E-state index contributed by atoms with van der Waals surface area (Å²) in [7, 11) is 1.48. The molecule has 0 aromatic rings. The van der Waals surface area contributed by atoms with Gasteiger partial charge in [-0.3, -0.25) is 0 Å². The smallest absolute Gasteiger partial charge is 0.111 e. The van der Waals surface area contributed by atoms with Gasteiger partial charge in [0.05, 0.1) is 9.68 Å². The minimum absolute atomic E-state index is 0.0730. The van der Waals surface area contributed by atoms with E-state index < -0.39 is 8.24 Å². The van der Waals surface area contributed by atoms with Gasteiger partial charge < -0.3 is 4.23 Å². The van der Waals surface area contributed by atoms with Gasteiger partial charge in [0.15, 0.2) is 0 Å². The molecule has 19 heavy (non-hydrogen) atoms. The molecule has 3 heteroatoms. The van der Waals surface area contributed by atoms with Gasteiger partial charge in [0.25, 0.3) is 0 Å². The molecule has 0 radical (unpaired) electrons. The van der Waals surface area contributed by atoms with E-state index in [0.29, 0.717) is 0 Å². The van der Waals surface area contributed by atoms with Crippen LogP contribution in [-0.4, -0.2) is 29.2 Å². The molecule has 0 N–H and O–H groups in total. The second kappa shape index (κ2) is 12.2. The van der Waals surface area contributed by atoms with Crippen LogP contribution in [0.25, 0.3) is 0 Å². The predicted molar refractivity (Wildman–Crippen MR) is 96.3 cm³/mol. The summed E-state index contributed by atoms with van der Waals surface area (Å²) in [5, 5.41) is 0. The second-order valence-electron chi connectivity index (χ2n) is 7.13. The summed E-state index contributed by atoms with van der Waals surface area (Å²) in [4.78, 5) is 0. The predicted octanol–water partition coefficient (Wildman–Crippen LogP) is 5.18. The van der Waals surface area contributed by atoms with Gasteiger partial charge in [-0.15, -0.1) is 0 Å². The molecular weight excluding hydrogens is 262 g/mol. The lowest BCUT2D eigenvalue weighted by Crippen LogP contribution is -2.45. The van der Waals surface area contributed by atoms with E-state index in [0.717, 1.165) is 0 Å². The van der Waals surface area contributed by atoms with Gasteiger partial charge in [-0.05, 0) is 7.05 Å². The minimum Gasteiger partial charge on any atom is -0.353 e. The summed E-state index contributed by atoms with van der Waals surface area (Å²) in [5.74, 6) is 0. The van der Waals surface area contributed by atoms with Gasteiger partial charge >= 0.3 is 0 Å². The summed E-state index contributed by atoms with van der Waals surface area (Å²) >= 11 is 0. The van der Waals surface area contributed by atoms with E-state index in [1.54, 1.807) is 0 Å². The molecule has 0 aromatic carbocycles. The Balaban J connectivity index is 3.15. The Morgan fingerprint density at radius 3 is 1.58 bits per heavy atom. The maximum Gasteiger partial charge on any atom is 0.111 e. The molecule has 0 bridgehead atoms. The molecule has 0 amide bonds. The molecule has 116 valence electrons. The highest BCUT2D eigenvalue weighted by atomic mass is 28.4. The number of hydrogen-bond acceptors (Lipinski definition) is 1. The molecule has 0 fully saturated rings. The topological polar surface area (TPSA) is 3.24 Å². The van der Waals surface area contributed by atoms with E-state index in [1.165, 1.54) is 70.3 Å². The fourth-order valence-corrected chi connectivity index (χ4v) is 6.56. The lowest BCUT2D eigenvalue weighted by Gasteiger charge is -2.29. The van der Waals surface area contributed by atoms with E-state index in [-0.39, 0.29) is 9.68 Å². The van der Waals surface area contributed by atoms with Gasteiger partial charge in [-0.2, -0.15) is 0 Å². The molecule has 0 heterocycles. The van der Waals surface area contributed by atoms with Gasteiger partial charge in [-0.1, -0.05) is 96.8 Å². The normalized spacial score (nSPS) is 12.9. The van der Waals surface area contributed by atoms with Crippen molar-refractivity contribution in [3.8, 4) is 0 Å². The number of unbranched alkanes of at least 4 members (excludes halogenated alkanes) is 9. The first-order chi connectivity index (χ1) is 8.98. The van der Waals surface area contributed by atoms with Crippen molar-refractivity contribution in [3.05, 3.63) is 0 Å². The van der Waals surface area contributed by atoms with Crippen LogP contribution in [-0.2, 0) is 0 Å². The Morgan fingerprint density at radius 2 is 1.16 bits per heavy atom. The lowest BCUT2D eigenvalue weighted by atomic mass is 10.1. The number of rotatable bonds is 13. The van der Waals surface area contributed by atoms with Crippen LogP contribution < -0.4 is 0 Å². The van der Waals surface area contributed by atoms with Crippen LogP contribution in [0.4, 0.5) is 0 Å². The zero-order valence-corrected chi connectivity index (χ0v) is 16.8. The highest BCUT2D eigenvalue weighted by molar-refractivity contribution is 6.78. The summed E-state index contributed by atoms with van der Waals surface area (Å²) < 4.78 is 2.75. The largest absolute Gasteiger partial charge is 0.353 e. The van der Waals surface area contributed by atoms with Crippen LogP contribution in [0.5, 0.6) is 0 Å². The van der Waals surface area contributed by atoms with Crippen LogP contribution in [0.1, 0.15) is 71.1 Å². The summed E-state index contributed by atoms with van der Waals surface area (Å²) in [6.45, 7) is 9.71. The molecule has 1 nitrogen and oxygen atoms in total. The van der Waals surface area contributed by atoms with E-state index in [4.69, 9.17) is 0 Å². The van der Waals surface area contributed by atoms with Crippen molar-refractivity contribution in [3.63, 3.8) is 0 Å². The summed E-state index contributed by atoms with van der Waals surface area (Å²) in [6, 6.07) is 1.54. The van der Waals surface area contributed by atoms with E-state index >= 15 is 0 Å². The number of hydrogen-bond donors (Lipinski definition) is 0. The molecule has 0 aromatic heterocycles. The Hall–Kier alpha value is 0.394. The fourth-order valence-electron chi connectivity index (χ4n) is 2.35. The van der Waals surface area contributed by atoms with Crippen molar-refractivity contribution in [2.75, 3.05) is 7.05 Å². The highest BCUT2D eigenvalue weighted by Crippen LogP contribution is 2.12. The molecular formula is C16H39NSi2. The monoisotopic (exact) mass is 301 g/mol. The average Bonchev–Trinajstić information content (AvgIpc) is 2.34. The first-order valence-electron chi connectivity index (χ1n) is 8.69. The molecule has 0 rings (SSSR count). The van der Waals surface area contributed by atoms with Crippen molar-refractivity contribution in [2.45, 2.75) is 96.8 Å². The third-order valence-electron chi connectivity index (χ3n) is 4.24. The SMILES string of the molecule is CCCCCCCCCCCC[SiH2]N(C)[Si](C)(C)C. The van der Waals surface area contributed by atoms with Crippen LogP contribution >= 0.6 is 0 Å². The van der Waals surface area contributed by atoms with Crippen molar-refractivity contribution >= 4 is 17.9 Å². The molecule has 0 unspecified atom stereocenters. The van der Waals surface area contributed by atoms with E-state index in [2.05, 4.69) is 37.8 Å². The third kappa shape index (κ3) is 13.1. The third-order valence-corrected chi connectivity index (χ3v) is 11.5. The standard InChI is InChI=1S/C16H39NSi2/c1-6-7-8-9-10-11-12-13-14-15-16-18-17(2)19(3,4)5/h6-16,18H2,1-5H3. The zero-order chi connectivity index (χ0) is 14.6. The summed E-state index contributed by atoms with van der Waals surface area (Å²) in [5.41, 5.74) is 0. The first-order valence-corrected chi connectivity index (χ1v) is 13.8.